The highest BCUT2D eigenvalue weighted by Crippen LogP contribution is 2.40. The smallest absolute Gasteiger partial charge is 0.256 e. The molecule has 5 nitrogen and oxygen atoms in total. The number of aryl methyl sites for hydroxylation is 1. The van der Waals surface area contributed by atoms with Crippen LogP contribution >= 0.6 is 11.3 Å². The minimum absolute atomic E-state index is 0.0475. The highest BCUT2D eigenvalue weighted by atomic mass is 32.1. The van der Waals surface area contributed by atoms with Gasteiger partial charge in [-0.1, -0.05) is 36.4 Å². The fourth-order valence-electron chi connectivity index (χ4n) is 5.54. The Kier molecular flexibility index (Phi) is 7.21. The lowest BCUT2D eigenvalue weighted by molar-refractivity contribution is -0.137. The van der Waals surface area contributed by atoms with Crippen LogP contribution < -0.4 is 0 Å². The number of thiophene rings is 1. The molecule has 0 spiro atoms. The Morgan fingerprint density at radius 1 is 0.917 bits per heavy atom. The molecule has 0 N–H and O–H groups in total. The number of amides is 2. The van der Waals surface area contributed by atoms with E-state index in [4.69, 9.17) is 0 Å². The third-order valence-corrected chi connectivity index (χ3v) is 8.54. The molecule has 1 fully saturated rings. The molecule has 188 valence electrons. The second-order valence-corrected chi connectivity index (χ2v) is 10.7. The normalized spacial score (nSPS) is 19.5. The van der Waals surface area contributed by atoms with Crippen LogP contribution in [0.5, 0.6) is 0 Å². The van der Waals surface area contributed by atoms with Crippen molar-refractivity contribution in [3.63, 3.8) is 0 Å². The molecule has 7 heteroatoms. The molecule has 2 aliphatic rings. The van der Waals surface area contributed by atoms with Gasteiger partial charge in [-0.3, -0.25) is 14.5 Å². The molecule has 5 rings (SSSR count). The van der Waals surface area contributed by atoms with E-state index in [0.717, 1.165) is 13.0 Å². The van der Waals surface area contributed by atoms with Crippen LogP contribution in [-0.4, -0.2) is 65.3 Å². The average Bonchev–Trinajstić information content (AvgIpc) is 3.24. The zero-order chi connectivity index (χ0) is 25.2. The number of carbonyl (C=O) groups is 2. The lowest BCUT2D eigenvalue weighted by atomic mass is 9.89. The fourth-order valence-corrected chi connectivity index (χ4v) is 6.45. The van der Waals surface area contributed by atoms with E-state index in [-0.39, 0.29) is 29.5 Å². The number of hydrogen-bond acceptors (Lipinski definition) is 4. The topological polar surface area (TPSA) is 43.9 Å². The third-order valence-electron chi connectivity index (χ3n) is 7.54. The molecular weight excluding hydrogens is 473 g/mol. The average molecular weight is 506 g/mol. The van der Waals surface area contributed by atoms with Crippen molar-refractivity contribution in [2.75, 3.05) is 32.7 Å². The number of fused-ring (bicyclic) bond motifs is 1. The molecule has 3 aromatic rings. The van der Waals surface area contributed by atoms with Gasteiger partial charge in [0.2, 0.25) is 5.91 Å². The van der Waals surface area contributed by atoms with Gasteiger partial charge in [-0.25, -0.2) is 4.39 Å². The quantitative estimate of drug-likeness (QED) is 0.506. The lowest BCUT2D eigenvalue weighted by Crippen LogP contribution is -2.51. The summed E-state index contributed by atoms with van der Waals surface area (Å²) in [6, 6.07) is 16.5. The van der Waals surface area contributed by atoms with Crippen LogP contribution in [0.3, 0.4) is 0 Å². The molecule has 36 heavy (non-hydrogen) atoms. The second kappa shape index (κ2) is 10.5. The highest BCUT2D eigenvalue weighted by Gasteiger charge is 2.37. The molecule has 0 aliphatic carbocycles. The maximum atomic E-state index is 14.2. The van der Waals surface area contributed by atoms with Crippen LogP contribution in [0.4, 0.5) is 4.39 Å². The fraction of sp³-hybridized carbons (Fsp3) is 0.379. The number of benzene rings is 2. The molecule has 0 unspecified atom stereocenters. The van der Waals surface area contributed by atoms with Crippen LogP contribution in [-0.2, 0) is 11.2 Å². The van der Waals surface area contributed by atoms with E-state index >= 15 is 0 Å². The van der Waals surface area contributed by atoms with E-state index in [1.165, 1.54) is 33.7 Å². The largest absolute Gasteiger partial charge is 0.340 e. The Bertz CT molecular complexity index is 1260. The van der Waals surface area contributed by atoms with E-state index in [1.807, 2.05) is 11.8 Å². The molecule has 2 amide bonds. The van der Waals surface area contributed by atoms with E-state index in [9.17, 15) is 14.0 Å². The van der Waals surface area contributed by atoms with Crippen molar-refractivity contribution in [2.45, 2.75) is 38.8 Å². The predicted molar refractivity (Wildman–Crippen MR) is 141 cm³/mol. The van der Waals surface area contributed by atoms with Gasteiger partial charge in [-0.2, -0.15) is 0 Å². The van der Waals surface area contributed by atoms with E-state index in [1.54, 1.807) is 28.4 Å². The SMILES string of the molecule is Cc1ccccc1[C@@H]1c2ccsc2CCN1[C@H](C)C(=O)N1CCCN(C(=O)c2ccccc2F)CC1. The van der Waals surface area contributed by atoms with Gasteiger partial charge in [0.15, 0.2) is 0 Å². The predicted octanol–water partition coefficient (Wildman–Crippen LogP) is 4.91. The number of hydrogen-bond donors (Lipinski definition) is 0. The maximum absolute atomic E-state index is 14.2. The molecule has 0 radical (unpaired) electrons. The Balaban J connectivity index is 1.33. The third kappa shape index (κ3) is 4.70. The van der Waals surface area contributed by atoms with Gasteiger partial charge < -0.3 is 9.80 Å². The van der Waals surface area contributed by atoms with Gasteiger partial charge in [0.25, 0.3) is 5.91 Å². The van der Waals surface area contributed by atoms with Crippen LogP contribution in [0.2, 0.25) is 0 Å². The molecule has 1 aromatic heterocycles. The Labute approximate surface area is 216 Å². The van der Waals surface area contributed by atoms with Gasteiger partial charge in [0.05, 0.1) is 17.6 Å². The van der Waals surface area contributed by atoms with Gasteiger partial charge in [-0.15, -0.1) is 11.3 Å². The van der Waals surface area contributed by atoms with Crippen LogP contribution in [0, 0.1) is 12.7 Å². The first kappa shape index (κ1) is 24.7. The first-order chi connectivity index (χ1) is 17.5. The van der Waals surface area contributed by atoms with Crippen LogP contribution in [0.25, 0.3) is 0 Å². The van der Waals surface area contributed by atoms with Gasteiger partial charge in [-0.05, 0) is 67.0 Å². The second-order valence-electron chi connectivity index (χ2n) is 9.67. The number of carbonyl (C=O) groups excluding carboxylic acids is 2. The van der Waals surface area contributed by atoms with Crippen molar-refractivity contribution in [1.29, 1.82) is 0 Å². The van der Waals surface area contributed by atoms with Crippen molar-refractivity contribution < 1.29 is 14.0 Å². The number of halogens is 1. The molecular formula is C29H32FN3O2S. The van der Waals surface area contributed by atoms with E-state index < -0.39 is 5.82 Å². The summed E-state index contributed by atoms with van der Waals surface area (Å²) in [5.74, 6) is -0.725. The lowest BCUT2D eigenvalue weighted by Gasteiger charge is -2.41. The zero-order valence-electron chi connectivity index (χ0n) is 20.8. The van der Waals surface area contributed by atoms with E-state index in [0.29, 0.717) is 32.6 Å². The van der Waals surface area contributed by atoms with Crippen molar-refractivity contribution >= 4 is 23.2 Å². The minimum atomic E-state index is -0.506. The number of rotatable bonds is 4. The summed E-state index contributed by atoms with van der Waals surface area (Å²) in [6.07, 6.45) is 1.62. The highest BCUT2D eigenvalue weighted by molar-refractivity contribution is 7.10. The molecule has 2 aliphatic heterocycles. The molecule has 1 saturated heterocycles. The van der Waals surface area contributed by atoms with Crippen LogP contribution in [0.15, 0.2) is 60.0 Å². The zero-order valence-corrected chi connectivity index (χ0v) is 21.6. The Morgan fingerprint density at radius 2 is 1.64 bits per heavy atom. The molecule has 0 saturated carbocycles. The van der Waals surface area contributed by atoms with Crippen molar-refractivity contribution in [3.05, 3.63) is 92.9 Å². The molecule has 2 atom stereocenters. The standard InChI is InChI=1S/C29H32FN3O2S/c1-20-8-3-4-9-22(20)27-24-13-19-36-26(24)12-16-33(27)21(2)28(34)31-14-7-15-32(18-17-31)29(35)23-10-5-6-11-25(23)30/h3-6,8-11,13,19,21,27H,7,12,14-18H2,1-2H3/t21-,27-/m1/s1. The van der Waals surface area contributed by atoms with Gasteiger partial charge >= 0.3 is 0 Å². The monoisotopic (exact) mass is 505 g/mol. The van der Waals surface area contributed by atoms with Crippen molar-refractivity contribution in [3.8, 4) is 0 Å². The summed E-state index contributed by atoms with van der Waals surface area (Å²) in [4.78, 5) is 34.0. The first-order valence-electron chi connectivity index (χ1n) is 12.7. The van der Waals surface area contributed by atoms with Gasteiger partial charge in [0.1, 0.15) is 5.82 Å². The number of nitrogens with zero attached hydrogens (tertiary/aromatic N) is 3. The Hall–Kier alpha value is -3.03. The minimum Gasteiger partial charge on any atom is -0.340 e. The van der Waals surface area contributed by atoms with Crippen molar-refractivity contribution in [2.24, 2.45) is 0 Å². The molecule has 0 bridgehead atoms. The summed E-state index contributed by atoms with van der Waals surface area (Å²) in [7, 11) is 0. The first-order valence-corrected chi connectivity index (χ1v) is 13.5. The summed E-state index contributed by atoms with van der Waals surface area (Å²) >= 11 is 1.80. The summed E-state index contributed by atoms with van der Waals surface area (Å²) < 4.78 is 14.2. The van der Waals surface area contributed by atoms with Crippen LogP contribution in [0.1, 0.15) is 51.3 Å². The summed E-state index contributed by atoms with van der Waals surface area (Å²) in [6.45, 7) is 6.94. The Morgan fingerprint density at radius 3 is 2.44 bits per heavy atom. The van der Waals surface area contributed by atoms with Gasteiger partial charge in [0, 0.05) is 37.6 Å². The summed E-state index contributed by atoms with van der Waals surface area (Å²) in [5, 5.41) is 2.15. The summed E-state index contributed by atoms with van der Waals surface area (Å²) in [5.41, 5.74) is 3.86. The molecule has 3 heterocycles. The van der Waals surface area contributed by atoms with E-state index in [2.05, 4.69) is 47.5 Å². The maximum Gasteiger partial charge on any atom is 0.256 e. The molecule has 2 aromatic carbocycles. The van der Waals surface area contributed by atoms with Crippen molar-refractivity contribution in [1.82, 2.24) is 14.7 Å².